The lowest BCUT2D eigenvalue weighted by molar-refractivity contribution is -0.158. The smallest absolute Gasteiger partial charge is 0.247 e. The molecule has 1 saturated heterocycles. The molecular formula is C29H35N5O3S. The molecule has 0 saturated carbocycles. The second-order valence-electron chi connectivity index (χ2n) is 12.0. The highest BCUT2D eigenvalue weighted by atomic mass is 32.1. The summed E-state index contributed by atoms with van der Waals surface area (Å²) in [5.74, 6) is -0.652. The van der Waals surface area contributed by atoms with Crippen molar-refractivity contribution < 1.29 is 14.4 Å². The predicted octanol–water partition coefficient (Wildman–Crippen LogP) is 3.80. The van der Waals surface area contributed by atoms with Crippen molar-refractivity contribution in [2.45, 2.75) is 77.5 Å². The lowest BCUT2D eigenvalue weighted by Gasteiger charge is -2.45. The first-order chi connectivity index (χ1) is 18.0. The number of nitrogens with zero attached hydrogens (tertiary/aromatic N) is 3. The Labute approximate surface area is 227 Å². The van der Waals surface area contributed by atoms with E-state index in [-0.39, 0.29) is 29.6 Å². The normalized spacial score (nSPS) is 21.1. The van der Waals surface area contributed by atoms with E-state index in [9.17, 15) is 14.4 Å². The molecule has 2 aromatic carbocycles. The third-order valence-corrected chi connectivity index (χ3v) is 8.02. The van der Waals surface area contributed by atoms with Crippen LogP contribution in [0.25, 0.3) is 10.2 Å². The summed E-state index contributed by atoms with van der Waals surface area (Å²) < 4.78 is 4.93. The molecule has 3 amide bonds. The van der Waals surface area contributed by atoms with Crippen molar-refractivity contribution in [3.8, 4) is 0 Å². The van der Waals surface area contributed by atoms with Crippen molar-refractivity contribution in [2.24, 2.45) is 11.8 Å². The number of nitrogens with one attached hydrogen (secondary N) is 2. The first-order valence-electron chi connectivity index (χ1n) is 13.2. The molecule has 3 unspecified atom stereocenters. The van der Waals surface area contributed by atoms with E-state index in [1.807, 2.05) is 65.0 Å². The Kier molecular flexibility index (Phi) is 6.98. The minimum Gasteiger partial charge on any atom is -0.349 e. The number of rotatable bonds is 6. The van der Waals surface area contributed by atoms with Gasteiger partial charge in [-0.25, -0.2) is 0 Å². The number of amides is 3. The first kappa shape index (κ1) is 26.3. The quantitative estimate of drug-likeness (QED) is 0.502. The largest absolute Gasteiger partial charge is 0.349 e. The molecule has 5 rings (SSSR count). The van der Waals surface area contributed by atoms with Gasteiger partial charge in [-0.15, -0.1) is 5.10 Å². The highest BCUT2D eigenvalue weighted by molar-refractivity contribution is 7.12. The molecule has 200 valence electrons. The fourth-order valence-corrected chi connectivity index (χ4v) is 6.26. The lowest BCUT2D eigenvalue weighted by Crippen LogP contribution is -2.67. The summed E-state index contributed by atoms with van der Waals surface area (Å²) >= 11 is 1.28. The number of fused-ring (bicyclic) bond motifs is 2. The van der Waals surface area contributed by atoms with Crippen molar-refractivity contribution in [1.29, 1.82) is 0 Å². The van der Waals surface area contributed by atoms with Gasteiger partial charge in [-0.05, 0) is 92.2 Å². The second kappa shape index (κ2) is 10.1. The van der Waals surface area contributed by atoms with Crippen molar-refractivity contribution >= 4 is 39.5 Å². The summed E-state index contributed by atoms with van der Waals surface area (Å²) in [7, 11) is 0. The average molecular weight is 534 g/mol. The molecular weight excluding hydrogens is 498 g/mol. The van der Waals surface area contributed by atoms with Crippen LogP contribution in [0.5, 0.6) is 0 Å². The number of hydrogen-bond acceptors (Lipinski definition) is 6. The number of piperazine rings is 1. The van der Waals surface area contributed by atoms with Crippen LogP contribution in [0.1, 0.15) is 63.8 Å². The first-order valence-corrected chi connectivity index (χ1v) is 14.0. The number of carbonyl (C=O) groups is 3. The SMILES string of the molecule is CC(C)CC1C(=O)NC(C2Cc3ccccc3C2)C(=O)N1C(C(=O)NC(C)(C)C)c1ccc2snnc2c1. The van der Waals surface area contributed by atoms with Crippen molar-refractivity contribution in [1.82, 2.24) is 25.1 Å². The van der Waals surface area contributed by atoms with Gasteiger partial charge in [0.25, 0.3) is 0 Å². The number of carbonyl (C=O) groups excluding carboxylic acids is 3. The summed E-state index contributed by atoms with van der Waals surface area (Å²) in [6.45, 7) is 9.76. The van der Waals surface area contributed by atoms with Crippen LogP contribution in [-0.2, 0) is 27.2 Å². The summed E-state index contributed by atoms with van der Waals surface area (Å²) in [5.41, 5.74) is 3.18. The van der Waals surface area contributed by atoms with E-state index in [1.54, 1.807) is 4.90 Å². The summed E-state index contributed by atoms with van der Waals surface area (Å²) in [6, 6.07) is 11.3. The zero-order chi connectivity index (χ0) is 27.2. The minimum atomic E-state index is -0.978. The van der Waals surface area contributed by atoms with Crippen LogP contribution < -0.4 is 10.6 Å². The van der Waals surface area contributed by atoms with E-state index < -0.39 is 23.7 Å². The van der Waals surface area contributed by atoms with Crippen molar-refractivity contribution in [3.63, 3.8) is 0 Å². The Balaban J connectivity index is 1.58. The molecule has 0 radical (unpaired) electrons. The van der Waals surface area contributed by atoms with Gasteiger partial charge in [-0.2, -0.15) is 0 Å². The van der Waals surface area contributed by atoms with Crippen LogP contribution in [0.15, 0.2) is 42.5 Å². The molecule has 0 bridgehead atoms. The number of hydrogen-bond donors (Lipinski definition) is 2. The van der Waals surface area contributed by atoms with E-state index in [1.165, 1.54) is 22.7 Å². The van der Waals surface area contributed by atoms with Crippen LogP contribution in [0, 0.1) is 11.8 Å². The maximum atomic E-state index is 14.4. The van der Waals surface area contributed by atoms with Crippen molar-refractivity contribution in [2.75, 3.05) is 0 Å². The molecule has 38 heavy (non-hydrogen) atoms. The standard InChI is InChI=1S/C29H35N5O3S/c1-16(2)12-22-26(35)30-24(20-13-17-8-6-7-9-18(17)14-20)28(37)34(22)25(27(36)31-29(3,4)5)19-10-11-23-21(15-19)32-33-38-23/h6-11,15-16,20,22,24-25H,12-14H2,1-5H3,(H,30,35)(H,31,36). The number of aromatic nitrogens is 2. The fraction of sp³-hybridized carbons (Fsp3) is 0.483. The van der Waals surface area contributed by atoms with E-state index in [2.05, 4.69) is 32.4 Å². The van der Waals surface area contributed by atoms with Gasteiger partial charge in [-0.3, -0.25) is 14.4 Å². The van der Waals surface area contributed by atoms with Crippen LogP contribution in [-0.4, -0.2) is 49.8 Å². The van der Waals surface area contributed by atoms with Crippen molar-refractivity contribution in [3.05, 3.63) is 59.2 Å². The van der Waals surface area contributed by atoms with Crippen LogP contribution in [0.3, 0.4) is 0 Å². The Morgan fingerprint density at radius 3 is 2.45 bits per heavy atom. The van der Waals surface area contributed by atoms with E-state index in [4.69, 9.17) is 0 Å². The van der Waals surface area contributed by atoms with Gasteiger partial charge < -0.3 is 15.5 Å². The third kappa shape index (κ3) is 5.16. The van der Waals surface area contributed by atoms with Gasteiger partial charge in [0.15, 0.2) is 0 Å². The second-order valence-corrected chi connectivity index (χ2v) is 12.7. The molecule has 1 aromatic heterocycles. The number of benzene rings is 2. The molecule has 9 heteroatoms. The van der Waals surface area contributed by atoms with Crippen LogP contribution in [0.4, 0.5) is 0 Å². The predicted molar refractivity (Wildman–Crippen MR) is 147 cm³/mol. The maximum absolute atomic E-state index is 14.4. The summed E-state index contributed by atoms with van der Waals surface area (Å²) in [5, 5.41) is 10.3. The monoisotopic (exact) mass is 533 g/mol. The molecule has 1 fully saturated rings. The molecule has 2 heterocycles. The Morgan fingerprint density at radius 1 is 1.13 bits per heavy atom. The maximum Gasteiger partial charge on any atom is 0.247 e. The van der Waals surface area contributed by atoms with E-state index in [0.717, 1.165) is 4.70 Å². The Morgan fingerprint density at radius 2 is 1.82 bits per heavy atom. The van der Waals surface area contributed by atoms with E-state index >= 15 is 0 Å². The fourth-order valence-electron chi connectivity index (χ4n) is 5.72. The molecule has 8 nitrogen and oxygen atoms in total. The molecule has 2 N–H and O–H groups in total. The highest BCUT2D eigenvalue weighted by Gasteiger charge is 2.49. The lowest BCUT2D eigenvalue weighted by atomic mass is 9.87. The molecule has 3 atom stereocenters. The highest BCUT2D eigenvalue weighted by Crippen LogP contribution is 2.36. The van der Waals surface area contributed by atoms with Gasteiger partial charge in [0.1, 0.15) is 23.6 Å². The zero-order valence-corrected chi connectivity index (χ0v) is 23.3. The van der Waals surface area contributed by atoms with Crippen LogP contribution >= 0.6 is 11.5 Å². The Hall–Kier alpha value is -3.33. The van der Waals surface area contributed by atoms with E-state index in [0.29, 0.717) is 30.3 Å². The van der Waals surface area contributed by atoms with Gasteiger partial charge >= 0.3 is 0 Å². The van der Waals surface area contributed by atoms with Gasteiger partial charge in [0, 0.05) is 5.54 Å². The summed E-state index contributed by atoms with van der Waals surface area (Å²) in [6.07, 6.45) is 1.88. The van der Waals surface area contributed by atoms with Gasteiger partial charge in [0.2, 0.25) is 17.7 Å². The topological polar surface area (TPSA) is 104 Å². The zero-order valence-electron chi connectivity index (χ0n) is 22.5. The minimum absolute atomic E-state index is 0.0668. The Bertz CT molecular complexity index is 1350. The molecule has 0 spiro atoms. The molecule has 1 aliphatic heterocycles. The molecule has 3 aromatic rings. The van der Waals surface area contributed by atoms with Gasteiger partial charge in [-0.1, -0.05) is 48.7 Å². The summed E-state index contributed by atoms with van der Waals surface area (Å²) in [4.78, 5) is 43.6. The molecule has 2 aliphatic rings. The molecule has 1 aliphatic carbocycles. The average Bonchev–Trinajstić information content (AvgIpc) is 3.48. The van der Waals surface area contributed by atoms with Gasteiger partial charge in [0.05, 0.1) is 4.70 Å². The third-order valence-electron chi connectivity index (χ3n) is 7.32. The van der Waals surface area contributed by atoms with Crippen LogP contribution in [0.2, 0.25) is 0 Å².